The number of carbonyl (C=O) groups excluding carboxylic acids is 2. The lowest BCUT2D eigenvalue weighted by molar-refractivity contribution is -0.114. The molecule has 2 amide bonds. The second-order valence-corrected chi connectivity index (χ2v) is 8.56. The van der Waals surface area contributed by atoms with Crippen molar-refractivity contribution in [2.75, 3.05) is 35.4 Å². The number of thiazole rings is 2. The van der Waals surface area contributed by atoms with E-state index in [9.17, 15) is 9.59 Å². The highest BCUT2D eigenvalue weighted by Crippen LogP contribution is 2.35. The minimum atomic E-state index is -0.208. The third-order valence-corrected chi connectivity index (χ3v) is 6.11. The molecule has 1 aliphatic rings. The van der Waals surface area contributed by atoms with Crippen molar-refractivity contribution in [1.29, 1.82) is 0 Å². The van der Waals surface area contributed by atoms with Crippen molar-refractivity contribution < 1.29 is 19.1 Å². The van der Waals surface area contributed by atoms with E-state index >= 15 is 0 Å². The zero-order chi connectivity index (χ0) is 20.1. The van der Waals surface area contributed by atoms with Gasteiger partial charge in [-0.1, -0.05) is 0 Å². The molecule has 0 saturated carbocycles. The van der Waals surface area contributed by atoms with E-state index in [1.807, 2.05) is 23.6 Å². The van der Waals surface area contributed by atoms with Gasteiger partial charge in [-0.25, -0.2) is 9.97 Å². The number of aromatic nitrogens is 2. The van der Waals surface area contributed by atoms with Gasteiger partial charge < -0.3 is 20.1 Å². The Morgan fingerprint density at radius 2 is 1.79 bits per heavy atom. The van der Waals surface area contributed by atoms with Gasteiger partial charge in [-0.2, -0.15) is 0 Å². The fraction of sp³-hybridized carbons (Fsp3) is 0.222. The fourth-order valence-electron chi connectivity index (χ4n) is 2.50. The first-order chi connectivity index (χ1) is 14.2. The molecule has 3 heterocycles. The molecule has 0 atom stereocenters. The molecule has 2 aromatic heterocycles. The van der Waals surface area contributed by atoms with Crippen molar-refractivity contribution in [3.63, 3.8) is 0 Å². The van der Waals surface area contributed by atoms with Crippen LogP contribution in [0.3, 0.4) is 0 Å². The van der Waals surface area contributed by atoms with Crippen LogP contribution in [0.15, 0.2) is 35.2 Å². The average molecular weight is 449 g/mol. The molecule has 0 unspecified atom stereocenters. The number of rotatable bonds is 7. The molecule has 1 aromatic carbocycles. The van der Waals surface area contributed by atoms with Crippen molar-refractivity contribution >= 4 is 56.5 Å². The predicted molar refractivity (Wildman–Crippen MR) is 115 cm³/mol. The highest BCUT2D eigenvalue weighted by molar-refractivity contribution is 8.00. The first-order valence-electron chi connectivity index (χ1n) is 8.60. The van der Waals surface area contributed by atoms with Crippen molar-refractivity contribution in [2.45, 2.75) is 0 Å². The van der Waals surface area contributed by atoms with E-state index < -0.39 is 0 Å². The van der Waals surface area contributed by atoms with Gasteiger partial charge in [-0.15, -0.1) is 34.4 Å². The van der Waals surface area contributed by atoms with Crippen LogP contribution in [0.25, 0.3) is 11.3 Å². The molecule has 0 spiro atoms. The average Bonchev–Trinajstić information content (AvgIpc) is 3.40. The lowest BCUT2D eigenvalue weighted by atomic mass is 10.1. The molecule has 0 fully saturated rings. The standard InChI is InChI=1S/C18H16N4O4S3/c23-15(21-17-19-3-6-28-17)9-27-10-16(24)22-18-20-12(8-29-18)11-1-2-13-14(7-11)26-5-4-25-13/h1-3,6-8H,4-5,9-10H2,(H,19,21,23)(H,20,22,24). The van der Waals surface area contributed by atoms with Crippen LogP contribution in [0.5, 0.6) is 11.5 Å². The van der Waals surface area contributed by atoms with Gasteiger partial charge in [0.05, 0.1) is 17.2 Å². The number of hydrogen-bond donors (Lipinski definition) is 2. The summed E-state index contributed by atoms with van der Waals surface area (Å²) in [4.78, 5) is 32.3. The second-order valence-electron chi connectivity index (χ2n) is 5.82. The van der Waals surface area contributed by atoms with Crippen LogP contribution in [0.1, 0.15) is 0 Å². The quantitative estimate of drug-likeness (QED) is 0.571. The Morgan fingerprint density at radius 1 is 1.03 bits per heavy atom. The van der Waals surface area contributed by atoms with Crippen LogP contribution >= 0.6 is 34.4 Å². The zero-order valence-corrected chi connectivity index (χ0v) is 17.5. The maximum absolute atomic E-state index is 12.1. The molecule has 0 radical (unpaired) electrons. The Kier molecular flexibility index (Phi) is 6.27. The lowest BCUT2D eigenvalue weighted by Gasteiger charge is -2.18. The van der Waals surface area contributed by atoms with E-state index in [0.717, 1.165) is 17.0 Å². The second kappa shape index (κ2) is 9.25. The van der Waals surface area contributed by atoms with Crippen LogP contribution < -0.4 is 20.1 Å². The Bertz CT molecular complexity index is 1010. The van der Waals surface area contributed by atoms with Crippen molar-refractivity contribution in [2.24, 2.45) is 0 Å². The summed E-state index contributed by atoms with van der Waals surface area (Å²) in [7, 11) is 0. The number of amides is 2. The molecule has 2 N–H and O–H groups in total. The van der Waals surface area contributed by atoms with Crippen molar-refractivity contribution in [3.8, 4) is 22.8 Å². The summed E-state index contributed by atoms with van der Waals surface area (Å²) in [5, 5.41) is 10.1. The van der Waals surface area contributed by atoms with Crippen LogP contribution in [-0.4, -0.2) is 46.5 Å². The predicted octanol–water partition coefficient (Wildman–Crippen LogP) is 3.35. The highest BCUT2D eigenvalue weighted by Gasteiger charge is 2.15. The molecule has 0 bridgehead atoms. The van der Waals surface area contributed by atoms with Crippen LogP contribution in [0, 0.1) is 0 Å². The molecular formula is C18H16N4O4S3. The summed E-state index contributed by atoms with van der Waals surface area (Å²) in [6.45, 7) is 1.07. The Morgan fingerprint density at radius 3 is 2.55 bits per heavy atom. The molecular weight excluding hydrogens is 432 g/mol. The van der Waals surface area contributed by atoms with E-state index in [1.54, 1.807) is 11.6 Å². The number of carbonyl (C=O) groups is 2. The van der Waals surface area contributed by atoms with E-state index in [1.165, 1.54) is 34.4 Å². The monoisotopic (exact) mass is 448 g/mol. The number of nitrogens with one attached hydrogen (secondary N) is 2. The number of benzene rings is 1. The van der Waals surface area contributed by atoms with Gasteiger partial charge in [0.2, 0.25) is 11.8 Å². The first-order valence-corrected chi connectivity index (χ1v) is 11.5. The molecule has 11 heteroatoms. The molecule has 150 valence electrons. The van der Waals surface area contributed by atoms with Gasteiger partial charge in [-0.3, -0.25) is 9.59 Å². The molecule has 4 rings (SSSR count). The molecule has 0 aliphatic carbocycles. The Balaban J connectivity index is 1.26. The largest absolute Gasteiger partial charge is 0.486 e. The minimum absolute atomic E-state index is 0.157. The topological polar surface area (TPSA) is 102 Å². The van der Waals surface area contributed by atoms with Crippen molar-refractivity contribution in [3.05, 3.63) is 35.2 Å². The summed E-state index contributed by atoms with van der Waals surface area (Å²) in [6, 6.07) is 5.64. The molecule has 0 saturated heterocycles. The third-order valence-electron chi connectivity index (χ3n) is 3.73. The van der Waals surface area contributed by atoms with Crippen molar-refractivity contribution in [1.82, 2.24) is 9.97 Å². The van der Waals surface area contributed by atoms with E-state index in [-0.39, 0.29) is 23.3 Å². The number of thioether (sulfide) groups is 1. The summed E-state index contributed by atoms with van der Waals surface area (Å²) in [5.74, 6) is 1.35. The summed E-state index contributed by atoms with van der Waals surface area (Å²) in [6.07, 6.45) is 1.62. The minimum Gasteiger partial charge on any atom is -0.486 e. The van der Waals surface area contributed by atoms with Gasteiger partial charge in [-0.05, 0) is 18.2 Å². The number of fused-ring (bicyclic) bond motifs is 1. The van der Waals surface area contributed by atoms with Crippen LogP contribution in [0.2, 0.25) is 0 Å². The van der Waals surface area contributed by atoms with Gasteiger partial charge in [0, 0.05) is 22.5 Å². The van der Waals surface area contributed by atoms with Gasteiger partial charge in [0.15, 0.2) is 21.8 Å². The number of anilines is 2. The smallest absolute Gasteiger partial charge is 0.236 e. The third kappa shape index (κ3) is 5.25. The maximum atomic E-state index is 12.1. The number of hydrogen-bond acceptors (Lipinski definition) is 9. The number of ether oxygens (including phenoxy) is 2. The SMILES string of the molecule is O=C(CSCC(=O)Nc1nc(-c2ccc3c(c2)OCCO3)cs1)Nc1nccs1. The van der Waals surface area contributed by atoms with E-state index in [4.69, 9.17) is 9.47 Å². The summed E-state index contributed by atoms with van der Waals surface area (Å²) in [5.41, 5.74) is 1.64. The fourth-order valence-corrected chi connectivity index (χ4v) is 4.40. The highest BCUT2D eigenvalue weighted by atomic mass is 32.2. The zero-order valence-electron chi connectivity index (χ0n) is 15.0. The Labute approximate surface area is 178 Å². The van der Waals surface area contributed by atoms with E-state index in [0.29, 0.717) is 29.2 Å². The van der Waals surface area contributed by atoms with Crippen LogP contribution in [-0.2, 0) is 9.59 Å². The number of nitrogens with zero attached hydrogens (tertiary/aromatic N) is 2. The first kappa shape index (κ1) is 19.7. The lowest BCUT2D eigenvalue weighted by Crippen LogP contribution is -2.18. The molecule has 29 heavy (non-hydrogen) atoms. The van der Waals surface area contributed by atoms with Gasteiger partial charge in [0.1, 0.15) is 13.2 Å². The Hall–Kier alpha value is -2.63. The maximum Gasteiger partial charge on any atom is 0.236 e. The summed E-state index contributed by atoms with van der Waals surface area (Å²) >= 11 is 3.92. The van der Waals surface area contributed by atoms with Gasteiger partial charge in [0.25, 0.3) is 0 Å². The van der Waals surface area contributed by atoms with Gasteiger partial charge >= 0.3 is 0 Å². The molecule has 3 aromatic rings. The normalized spacial score (nSPS) is 12.4. The van der Waals surface area contributed by atoms with E-state index in [2.05, 4.69) is 20.6 Å². The van der Waals surface area contributed by atoms with Crippen LogP contribution in [0.4, 0.5) is 10.3 Å². The molecule has 1 aliphatic heterocycles. The molecule has 8 nitrogen and oxygen atoms in total. The summed E-state index contributed by atoms with van der Waals surface area (Å²) < 4.78 is 11.1.